The summed E-state index contributed by atoms with van der Waals surface area (Å²) in [5, 5.41) is 0. The third kappa shape index (κ3) is 3.41. The van der Waals surface area contributed by atoms with Crippen LogP contribution in [0, 0.1) is 5.92 Å². The zero-order chi connectivity index (χ0) is 15.4. The van der Waals surface area contributed by atoms with Crippen molar-refractivity contribution in [3.05, 3.63) is 71.8 Å². The second-order valence-corrected chi connectivity index (χ2v) is 6.87. The van der Waals surface area contributed by atoms with Gasteiger partial charge in [-0.25, -0.2) is 0 Å². The molecule has 1 saturated heterocycles. The van der Waals surface area contributed by atoms with Crippen molar-refractivity contribution >= 4 is 0 Å². The maximum atomic E-state index is 2.75. The average molecular weight is 293 g/mol. The molecule has 2 aromatic carbocycles. The van der Waals surface area contributed by atoms with Gasteiger partial charge >= 0.3 is 0 Å². The van der Waals surface area contributed by atoms with Gasteiger partial charge in [0.25, 0.3) is 0 Å². The Balaban J connectivity index is 1.92. The lowest BCUT2D eigenvalue weighted by Crippen LogP contribution is -2.38. The molecular weight excluding hydrogens is 266 g/mol. The van der Waals surface area contributed by atoms with E-state index in [1.807, 2.05) is 0 Å². The van der Waals surface area contributed by atoms with Crippen LogP contribution in [0.15, 0.2) is 60.7 Å². The fourth-order valence-electron chi connectivity index (χ4n) is 3.80. The minimum atomic E-state index is 0.558. The van der Waals surface area contributed by atoms with E-state index in [1.165, 1.54) is 36.9 Å². The summed E-state index contributed by atoms with van der Waals surface area (Å²) < 4.78 is 0. The predicted molar refractivity (Wildman–Crippen MR) is 93.8 cm³/mol. The van der Waals surface area contributed by atoms with E-state index in [1.54, 1.807) is 0 Å². The Kier molecular flexibility index (Phi) is 4.94. The Morgan fingerprint density at radius 1 is 0.818 bits per heavy atom. The molecule has 116 valence electrons. The van der Waals surface area contributed by atoms with Gasteiger partial charge in [0.05, 0.1) is 0 Å². The van der Waals surface area contributed by atoms with Crippen LogP contribution in [0.5, 0.6) is 0 Å². The summed E-state index contributed by atoms with van der Waals surface area (Å²) in [6.07, 6.45) is 3.87. The van der Waals surface area contributed by atoms with E-state index in [4.69, 9.17) is 0 Å². The summed E-state index contributed by atoms with van der Waals surface area (Å²) in [7, 11) is 0. The molecule has 0 aliphatic carbocycles. The summed E-state index contributed by atoms with van der Waals surface area (Å²) in [6.45, 7) is 5.83. The molecule has 0 bridgehead atoms. The smallest absolute Gasteiger partial charge is 0.0354 e. The largest absolute Gasteiger partial charge is 0.289 e. The van der Waals surface area contributed by atoms with Gasteiger partial charge < -0.3 is 0 Å². The zero-order valence-corrected chi connectivity index (χ0v) is 13.8. The van der Waals surface area contributed by atoms with Crippen LogP contribution in [0.25, 0.3) is 0 Å². The van der Waals surface area contributed by atoms with E-state index < -0.39 is 0 Å². The van der Waals surface area contributed by atoms with Crippen molar-refractivity contribution in [3.8, 4) is 0 Å². The van der Waals surface area contributed by atoms with Crippen molar-refractivity contribution < 1.29 is 0 Å². The second-order valence-electron chi connectivity index (χ2n) is 6.87. The van der Waals surface area contributed by atoms with E-state index in [2.05, 4.69) is 79.4 Å². The van der Waals surface area contributed by atoms with Crippen molar-refractivity contribution in [2.24, 2.45) is 5.92 Å². The summed E-state index contributed by atoms with van der Waals surface area (Å²) in [6, 6.07) is 23.2. The van der Waals surface area contributed by atoms with Gasteiger partial charge in [-0.05, 0) is 36.3 Å². The molecule has 1 aliphatic heterocycles. The summed E-state index contributed by atoms with van der Waals surface area (Å²) in [5.41, 5.74) is 2.95. The van der Waals surface area contributed by atoms with Crippen LogP contribution in [0.3, 0.4) is 0 Å². The third-order valence-electron chi connectivity index (χ3n) is 4.70. The summed E-state index contributed by atoms with van der Waals surface area (Å²) in [5.74, 6) is 0.690. The Morgan fingerprint density at radius 3 is 1.68 bits per heavy atom. The minimum absolute atomic E-state index is 0.558. The van der Waals surface area contributed by atoms with Crippen molar-refractivity contribution in [2.75, 3.05) is 6.54 Å². The van der Waals surface area contributed by atoms with Gasteiger partial charge in [0.15, 0.2) is 0 Å². The van der Waals surface area contributed by atoms with Crippen molar-refractivity contribution in [3.63, 3.8) is 0 Å². The van der Waals surface area contributed by atoms with Gasteiger partial charge in [0.1, 0.15) is 0 Å². The van der Waals surface area contributed by atoms with E-state index in [9.17, 15) is 0 Å². The van der Waals surface area contributed by atoms with Crippen LogP contribution in [-0.2, 0) is 0 Å². The molecular formula is C21H27N. The molecule has 0 aromatic heterocycles. The number of nitrogens with zero attached hydrogens (tertiary/aromatic N) is 1. The van der Waals surface area contributed by atoms with Gasteiger partial charge in [-0.2, -0.15) is 0 Å². The minimum Gasteiger partial charge on any atom is -0.289 e. The Labute approximate surface area is 135 Å². The number of piperidine rings is 1. The lowest BCUT2D eigenvalue weighted by atomic mass is 9.87. The van der Waals surface area contributed by atoms with Crippen molar-refractivity contribution in [2.45, 2.75) is 45.2 Å². The first-order valence-electron chi connectivity index (χ1n) is 8.61. The van der Waals surface area contributed by atoms with Crippen LogP contribution in [0.4, 0.5) is 0 Å². The molecule has 1 fully saturated rings. The second kappa shape index (κ2) is 7.11. The predicted octanol–water partition coefficient (Wildman–Crippen LogP) is 5.61. The molecule has 3 rings (SSSR count). The summed E-state index contributed by atoms with van der Waals surface area (Å²) >= 11 is 0. The third-order valence-corrected chi connectivity index (χ3v) is 4.70. The molecule has 22 heavy (non-hydrogen) atoms. The van der Waals surface area contributed by atoms with Crippen LogP contribution in [0.1, 0.15) is 56.3 Å². The van der Waals surface area contributed by atoms with E-state index in [-0.39, 0.29) is 0 Å². The number of hydrogen-bond donors (Lipinski definition) is 0. The van der Waals surface area contributed by atoms with Crippen molar-refractivity contribution in [1.82, 2.24) is 4.90 Å². The van der Waals surface area contributed by atoms with Crippen LogP contribution in [0.2, 0.25) is 0 Å². The van der Waals surface area contributed by atoms with Gasteiger partial charge in [-0.15, -0.1) is 0 Å². The quantitative estimate of drug-likeness (QED) is 0.708. The molecule has 1 nitrogen and oxygen atoms in total. The van der Waals surface area contributed by atoms with E-state index in [0.29, 0.717) is 18.0 Å². The lowest BCUT2D eigenvalue weighted by molar-refractivity contribution is 0.0690. The first-order chi connectivity index (χ1) is 10.8. The monoisotopic (exact) mass is 293 g/mol. The molecule has 0 N–H and O–H groups in total. The Hall–Kier alpha value is -1.60. The van der Waals surface area contributed by atoms with Gasteiger partial charge in [-0.3, -0.25) is 4.90 Å². The molecule has 0 radical (unpaired) electrons. The maximum Gasteiger partial charge on any atom is 0.0354 e. The van der Waals surface area contributed by atoms with Gasteiger partial charge in [0.2, 0.25) is 0 Å². The van der Waals surface area contributed by atoms with Crippen LogP contribution in [-0.4, -0.2) is 11.4 Å². The molecule has 1 heterocycles. The normalized spacial score (nSPS) is 22.9. The number of hydrogen-bond acceptors (Lipinski definition) is 1. The molecule has 0 amide bonds. The fraction of sp³-hybridized carbons (Fsp3) is 0.429. The van der Waals surface area contributed by atoms with Crippen molar-refractivity contribution in [1.29, 1.82) is 0 Å². The molecule has 2 aromatic rings. The molecule has 0 saturated carbocycles. The molecule has 1 aliphatic rings. The highest BCUT2D eigenvalue weighted by Gasteiger charge is 2.32. The topological polar surface area (TPSA) is 3.24 Å². The van der Waals surface area contributed by atoms with Gasteiger partial charge in [-0.1, -0.05) is 74.5 Å². The number of rotatable bonds is 4. The van der Waals surface area contributed by atoms with Crippen LogP contribution < -0.4 is 0 Å². The highest BCUT2D eigenvalue weighted by molar-refractivity contribution is 5.24. The fourth-order valence-corrected chi connectivity index (χ4v) is 3.80. The Morgan fingerprint density at radius 2 is 1.27 bits per heavy atom. The Bertz CT molecular complexity index is 513. The lowest BCUT2D eigenvalue weighted by Gasteiger charge is -2.43. The highest BCUT2D eigenvalue weighted by Crippen LogP contribution is 2.41. The average Bonchev–Trinajstić information content (AvgIpc) is 2.56. The highest BCUT2D eigenvalue weighted by atomic mass is 15.2. The molecule has 0 unspecified atom stereocenters. The molecule has 0 spiro atoms. The van der Waals surface area contributed by atoms with E-state index in [0.717, 1.165) is 0 Å². The van der Waals surface area contributed by atoms with Gasteiger partial charge in [0, 0.05) is 18.6 Å². The SMILES string of the molecule is CC(C)CN1[C@@H](c2ccccc2)CCC[C@H]1c1ccccc1. The van der Waals surface area contributed by atoms with E-state index >= 15 is 0 Å². The molecule has 2 atom stereocenters. The zero-order valence-electron chi connectivity index (χ0n) is 13.8. The molecule has 1 heteroatoms. The summed E-state index contributed by atoms with van der Waals surface area (Å²) in [4.78, 5) is 2.75. The number of likely N-dealkylation sites (tertiary alicyclic amines) is 1. The maximum absolute atomic E-state index is 2.75. The van der Waals surface area contributed by atoms with Crippen LogP contribution >= 0.6 is 0 Å². The standard InChI is InChI=1S/C21H27N/c1-17(2)16-22-20(18-10-5-3-6-11-18)14-9-15-21(22)19-12-7-4-8-13-19/h3-8,10-13,17,20-21H,9,14-16H2,1-2H3/t20-,21+. The number of benzene rings is 2. The first-order valence-corrected chi connectivity index (χ1v) is 8.61. The first kappa shape index (κ1) is 15.3.